The van der Waals surface area contributed by atoms with Crippen LogP contribution in [0.5, 0.6) is 0 Å². The minimum absolute atomic E-state index is 0.180. The summed E-state index contributed by atoms with van der Waals surface area (Å²) in [6, 6.07) is 9.41. The second kappa shape index (κ2) is 10.2. The zero-order valence-electron chi connectivity index (χ0n) is 17.0. The van der Waals surface area contributed by atoms with Crippen molar-refractivity contribution in [2.24, 2.45) is 5.92 Å². The van der Waals surface area contributed by atoms with Crippen LogP contribution in [0.4, 0.5) is 0 Å². The maximum Gasteiger partial charge on any atom is 0.223 e. The Morgan fingerprint density at radius 1 is 1.11 bits per heavy atom. The first-order chi connectivity index (χ1) is 13.2. The van der Waals surface area contributed by atoms with E-state index < -0.39 is 0 Å². The first-order valence-electron chi connectivity index (χ1n) is 10.4. The van der Waals surface area contributed by atoms with E-state index in [1.807, 2.05) is 0 Å². The van der Waals surface area contributed by atoms with Crippen LogP contribution in [-0.2, 0) is 16.1 Å². The van der Waals surface area contributed by atoms with Gasteiger partial charge in [-0.15, -0.1) is 0 Å². The molecule has 0 atom stereocenters. The maximum absolute atomic E-state index is 12.2. The van der Waals surface area contributed by atoms with E-state index in [1.54, 1.807) is 7.11 Å². The quantitative estimate of drug-likeness (QED) is 0.746. The smallest absolute Gasteiger partial charge is 0.223 e. The molecule has 3 rings (SSSR count). The SMILES string of the molecule is COCCNC(=O)C1CCN(C2CCN(Cc3ccccc3C)CC2)CC1. The highest BCUT2D eigenvalue weighted by Crippen LogP contribution is 2.25. The fourth-order valence-electron chi connectivity index (χ4n) is 4.42. The lowest BCUT2D eigenvalue weighted by Gasteiger charge is -2.41. The van der Waals surface area contributed by atoms with E-state index in [0.29, 0.717) is 19.2 Å². The van der Waals surface area contributed by atoms with Gasteiger partial charge in [0.25, 0.3) is 0 Å². The van der Waals surface area contributed by atoms with Gasteiger partial charge in [-0.2, -0.15) is 0 Å². The van der Waals surface area contributed by atoms with Crippen LogP contribution in [0.2, 0.25) is 0 Å². The molecule has 2 heterocycles. The molecule has 5 heteroatoms. The molecule has 2 aliphatic heterocycles. The van der Waals surface area contributed by atoms with E-state index in [1.165, 1.54) is 37.1 Å². The predicted molar refractivity (Wildman–Crippen MR) is 109 cm³/mol. The Balaban J connectivity index is 1.38. The lowest BCUT2D eigenvalue weighted by molar-refractivity contribution is -0.126. The number of carbonyl (C=O) groups is 1. The van der Waals surface area contributed by atoms with Gasteiger partial charge in [0.15, 0.2) is 0 Å². The standard InChI is InChI=1S/C22H35N3O2/c1-18-5-3-4-6-20(18)17-24-12-9-21(10-13-24)25-14-7-19(8-15-25)22(26)23-11-16-27-2/h3-6,19,21H,7-17H2,1-2H3,(H,23,26). The van der Waals surface area contributed by atoms with Gasteiger partial charge in [-0.3, -0.25) is 9.69 Å². The normalized spacial score (nSPS) is 20.7. The largest absolute Gasteiger partial charge is 0.383 e. The summed E-state index contributed by atoms with van der Waals surface area (Å²) in [4.78, 5) is 17.4. The molecule has 2 saturated heterocycles. The van der Waals surface area contributed by atoms with Crippen molar-refractivity contribution in [2.75, 3.05) is 46.4 Å². The van der Waals surface area contributed by atoms with E-state index >= 15 is 0 Å². The number of benzene rings is 1. The Morgan fingerprint density at radius 2 is 1.81 bits per heavy atom. The molecular formula is C22H35N3O2. The van der Waals surface area contributed by atoms with Gasteiger partial charge in [-0.05, 0) is 69.9 Å². The molecule has 1 N–H and O–H groups in total. The molecule has 150 valence electrons. The number of aryl methyl sites for hydroxylation is 1. The molecule has 0 radical (unpaired) electrons. The van der Waals surface area contributed by atoms with Crippen molar-refractivity contribution in [3.05, 3.63) is 35.4 Å². The van der Waals surface area contributed by atoms with E-state index in [2.05, 4.69) is 46.3 Å². The first kappa shape index (κ1) is 20.3. The molecule has 1 amide bonds. The summed E-state index contributed by atoms with van der Waals surface area (Å²) in [6.45, 7) is 8.96. The molecule has 1 aromatic rings. The average molecular weight is 374 g/mol. The monoisotopic (exact) mass is 373 g/mol. The number of piperidine rings is 2. The number of ether oxygens (including phenoxy) is 1. The van der Waals surface area contributed by atoms with Gasteiger partial charge in [-0.1, -0.05) is 24.3 Å². The number of carbonyl (C=O) groups excluding carboxylic acids is 1. The van der Waals surface area contributed by atoms with Gasteiger partial charge >= 0.3 is 0 Å². The lowest BCUT2D eigenvalue weighted by atomic mass is 9.92. The third-order valence-electron chi connectivity index (χ3n) is 6.23. The number of hydrogen-bond donors (Lipinski definition) is 1. The molecule has 2 fully saturated rings. The molecule has 0 unspecified atom stereocenters. The fraction of sp³-hybridized carbons (Fsp3) is 0.682. The summed E-state index contributed by atoms with van der Waals surface area (Å²) in [7, 11) is 1.66. The van der Waals surface area contributed by atoms with Crippen molar-refractivity contribution in [3.63, 3.8) is 0 Å². The Kier molecular flexibility index (Phi) is 7.68. The third-order valence-corrected chi connectivity index (χ3v) is 6.23. The summed E-state index contributed by atoms with van der Waals surface area (Å²) in [5.41, 5.74) is 2.85. The zero-order valence-corrected chi connectivity index (χ0v) is 17.0. The lowest BCUT2D eigenvalue weighted by Crippen LogP contribution is -2.49. The molecule has 0 saturated carbocycles. The predicted octanol–water partition coefficient (Wildman–Crippen LogP) is 2.43. The maximum atomic E-state index is 12.2. The summed E-state index contributed by atoms with van der Waals surface area (Å²) >= 11 is 0. The van der Waals surface area contributed by atoms with Crippen LogP contribution in [-0.4, -0.2) is 68.2 Å². The van der Waals surface area contributed by atoms with Gasteiger partial charge in [0.1, 0.15) is 0 Å². The Morgan fingerprint density at radius 3 is 2.48 bits per heavy atom. The van der Waals surface area contributed by atoms with Crippen molar-refractivity contribution < 1.29 is 9.53 Å². The number of methoxy groups -OCH3 is 1. The number of nitrogens with one attached hydrogen (secondary N) is 1. The molecule has 0 spiro atoms. The van der Waals surface area contributed by atoms with Gasteiger partial charge < -0.3 is 15.0 Å². The van der Waals surface area contributed by atoms with Crippen LogP contribution in [0.3, 0.4) is 0 Å². The van der Waals surface area contributed by atoms with E-state index in [9.17, 15) is 4.79 Å². The molecule has 5 nitrogen and oxygen atoms in total. The molecular weight excluding hydrogens is 338 g/mol. The molecule has 2 aliphatic rings. The molecule has 0 aromatic heterocycles. The highest BCUT2D eigenvalue weighted by Gasteiger charge is 2.30. The van der Waals surface area contributed by atoms with Crippen LogP contribution in [0, 0.1) is 12.8 Å². The summed E-state index contributed by atoms with van der Waals surface area (Å²) in [5, 5.41) is 2.99. The van der Waals surface area contributed by atoms with Crippen molar-refractivity contribution in [2.45, 2.75) is 45.2 Å². The Bertz CT molecular complexity index is 591. The van der Waals surface area contributed by atoms with Crippen molar-refractivity contribution in [1.82, 2.24) is 15.1 Å². The number of likely N-dealkylation sites (tertiary alicyclic amines) is 2. The highest BCUT2D eigenvalue weighted by molar-refractivity contribution is 5.78. The zero-order chi connectivity index (χ0) is 19.1. The molecule has 1 aromatic carbocycles. The van der Waals surface area contributed by atoms with Crippen LogP contribution >= 0.6 is 0 Å². The van der Waals surface area contributed by atoms with Gasteiger partial charge in [0, 0.05) is 32.2 Å². The molecule has 27 heavy (non-hydrogen) atoms. The second-order valence-corrected chi connectivity index (χ2v) is 8.03. The van der Waals surface area contributed by atoms with E-state index in [4.69, 9.17) is 4.74 Å². The summed E-state index contributed by atoms with van der Waals surface area (Å²) in [6.07, 6.45) is 4.47. The minimum atomic E-state index is 0.180. The van der Waals surface area contributed by atoms with Gasteiger partial charge in [-0.25, -0.2) is 0 Å². The van der Waals surface area contributed by atoms with Crippen molar-refractivity contribution in [1.29, 1.82) is 0 Å². The van der Waals surface area contributed by atoms with Crippen molar-refractivity contribution in [3.8, 4) is 0 Å². The topological polar surface area (TPSA) is 44.8 Å². The minimum Gasteiger partial charge on any atom is -0.383 e. The van der Waals surface area contributed by atoms with Gasteiger partial charge in [0.05, 0.1) is 6.61 Å². The first-order valence-corrected chi connectivity index (χ1v) is 10.4. The van der Waals surface area contributed by atoms with E-state index in [0.717, 1.165) is 32.5 Å². The van der Waals surface area contributed by atoms with Crippen LogP contribution in [0.25, 0.3) is 0 Å². The van der Waals surface area contributed by atoms with Crippen LogP contribution in [0.15, 0.2) is 24.3 Å². The highest BCUT2D eigenvalue weighted by atomic mass is 16.5. The fourth-order valence-corrected chi connectivity index (χ4v) is 4.42. The summed E-state index contributed by atoms with van der Waals surface area (Å²) in [5.74, 6) is 0.388. The molecule has 0 bridgehead atoms. The number of nitrogens with zero attached hydrogens (tertiary/aromatic N) is 2. The van der Waals surface area contributed by atoms with Crippen LogP contribution < -0.4 is 5.32 Å². The number of rotatable bonds is 7. The van der Waals surface area contributed by atoms with Gasteiger partial charge in [0.2, 0.25) is 5.91 Å². The second-order valence-electron chi connectivity index (χ2n) is 8.03. The van der Waals surface area contributed by atoms with Crippen LogP contribution in [0.1, 0.15) is 36.8 Å². The number of amides is 1. The average Bonchev–Trinajstić information content (AvgIpc) is 2.70. The Labute approximate surface area is 164 Å². The van der Waals surface area contributed by atoms with E-state index in [-0.39, 0.29) is 11.8 Å². The third kappa shape index (κ3) is 5.77. The number of hydrogen-bond acceptors (Lipinski definition) is 4. The Hall–Kier alpha value is -1.43. The molecule has 0 aliphatic carbocycles. The summed E-state index contributed by atoms with van der Waals surface area (Å²) < 4.78 is 5.00. The van der Waals surface area contributed by atoms with Crippen molar-refractivity contribution >= 4 is 5.91 Å².